The third-order valence-electron chi connectivity index (χ3n) is 5.90. The maximum atomic E-state index is 12.6. The van der Waals surface area contributed by atoms with Crippen LogP contribution in [0.4, 0.5) is 0 Å². The largest absolute Gasteiger partial charge is 0.410 e. The van der Waals surface area contributed by atoms with E-state index in [1.165, 1.54) is 28.6 Å². The number of amides is 1. The first-order valence-electron chi connectivity index (χ1n) is 10.7. The van der Waals surface area contributed by atoms with Crippen molar-refractivity contribution in [3.05, 3.63) is 40.0 Å². The second-order valence-corrected chi connectivity index (χ2v) is 10.4. The number of thioether (sulfide) groups is 1. The van der Waals surface area contributed by atoms with E-state index in [4.69, 9.17) is 4.42 Å². The molecule has 1 N–H and O–H groups in total. The Morgan fingerprint density at radius 3 is 2.97 bits per heavy atom. The number of H-pyrrole nitrogens is 1. The van der Waals surface area contributed by atoms with Crippen molar-refractivity contribution < 1.29 is 14.0 Å². The van der Waals surface area contributed by atoms with Gasteiger partial charge in [0.15, 0.2) is 5.78 Å². The van der Waals surface area contributed by atoms with Crippen LogP contribution in [0.15, 0.2) is 28.0 Å². The van der Waals surface area contributed by atoms with Gasteiger partial charge in [0.25, 0.3) is 17.0 Å². The van der Waals surface area contributed by atoms with Gasteiger partial charge in [-0.1, -0.05) is 18.7 Å². The number of nitrogens with one attached hydrogen (secondary N) is 1. The normalized spacial score (nSPS) is 18.4. The van der Waals surface area contributed by atoms with Crippen LogP contribution in [0.1, 0.15) is 57.5 Å². The molecule has 1 fully saturated rings. The number of carbonyl (C=O) groups excluding carboxylic acids is 2. The highest BCUT2D eigenvalue weighted by atomic mass is 32.2. The number of Topliss-reactive ketones (excluding diaryl/α,β-unsaturated/α-hetero) is 1. The van der Waals surface area contributed by atoms with Crippen molar-refractivity contribution in [1.29, 1.82) is 0 Å². The molecule has 1 amide bonds. The monoisotopic (exact) mass is 456 g/mol. The first-order chi connectivity index (χ1) is 15.1. The summed E-state index contributed by atoms with van der Waals surface area (Å²) in [5.41, 5.74) is 2.36. The molecular weight excluding hydrogens is 432 g/mol. The van der Waals surface area contributed by atoms with Gasteiger partial charge in [-0.25, -0.2) is 0 Å². The fourth-order valence-electron chi connectivity index (χ4n) is 4.16. The molecule has 1 aliphatic carbocycles. The maximum Gasteiger partial charge on any atom is 0.277 e. The number of aromatic nitrogens is 3. The summed E-state index contributed by atoms with van der Waals surface area (Å²) in [5, 5.41) is 8.65. The number of likely N-dealkylation sites (tertiary alicyclic amines) is 1. The molecule has 7 nitrogen and oxygen atoms in total. The van der Waals surface area contributed by atoms with Gasteiger partial charge in [0.1, 0.15) is 5.69 Å². The lowest BCUT2D eigenvalue weighted by Crippen LogP contribution is -2.27. The lowest BCUT2D eigenvalue weighted by molar-refractivity contribution is 0.0787. The third kappa shape index (κ3) is 4.34. The second-order valence-electron chi connectivity index (χ2n) is 8.29. The second kappa shape index (κ2) is 8.63. The summed E-state index contributed by atoms with van der Waals surface area (Å²) in [7, 11) is 0. The molecule has 1 atom stereocenters. The Morgan fingerprint density at radius 2 is 2.13 bits per heavy atom. The van der Waals surface area contributed by atoms with Crippen LogP contribution in [0.25, 0.3) is 10.8 Å². The molecule has 0 bridgehead atoms. The number of hydrogen-bond acceptors (Lipinski definition) is 7. The molecule has 4 heterocycles. The van der Waals surface area contributed by atoms with E-state index in [1.807, 2.05) is 4.90 Å². The van der Waals surface area contributed by atoms with E-state index in [2.05, 4.69) is 28.2 Å². The number of hydrogen-bond donors (Lipinski definition) is 1. The molecule has 162 valence electrons. The number of fused-ring (bicyclic) bond motifs is 1. The van der Waals surface area contributed by atoms with Crippen LogP contribution in [-0.4, -0.2) is 50.6 Å². The average Bonchev–Trinajstić information content (AvgIpc) is 3.56. The van der Waals surface area contributed by atoms with Crippen LogP contribution in [0.3, 0.4) is 0 Å². The van der Waals surface area contributed by atoms with Crippen LogP contribution < -0.4 is 0 Å². The molecule has 0 aromatic carbocycles. The Bertz CT molecular complexity index is 1110. The highest BCUT2D eigenvalue weighted by molar-refractivity contribution is 7.99. The summed E-state index contributed by atoms with van der Waals surface area (Å²) in [6.07, 6.45) is 7.12. The molecule has 2 aliphatic rings. The van der Waals surface area contributed by atoms with Crippen molar-refractivity contribution in [1.82, 2.24) is 20.1 Å². The van der Waals surface area contributed by atoms with Gasteiger partial charge in [-0.2, -0.15) is 0 Å². The van der Waals surface area contributed by atoms with Crippen LogP contribution in [0.2, 0.25) is 0 Å². The average molecular weight is 457 g/mol. The summed E-state index contributed by atoms with van der Waals surface area (Å²) in [5.74, 6) is 1.28. The van der Waals surface area contributed by atoms with E-state index < -0.39 is 0 Å². The maximum absolute atomic E-state index is 12.6. The summed E-state index contributed by atoms with van der Waals surface area (Å²) >= 11 is 2.95. The Labute approximate surface area is 188 Å². The summed E-state index contributed by atoms with van der Waals surface area (Å²) < 4.78 is 5.80. The minimum absolute atomic E-state index is 0.0428. The molecule has 9 heteroatoms. The molecule has 31 heavy (non-hydrogen) atoms. The summed E-state index contributed by atoms with van der Waals surface area (Å²) in [6, 6.07) is 3.81. The smallest absolute Gasteiger partial charge is 0.277 e. The zero-order valence-corrected chi connectivity index (χ0v) is 19.0. The number of rotatable bonds is 6. The Balaban J connectivity index is 1.20. The van der Waals surface area contributed by atoms with Gasteiger partial charge in [0.05, 0.1) is 10.6 Å². The molecule has 1 saturated heterocycles. The van der Waals surface area contributed by atoms with Crippen molar-refractivity contribution in [2.75, 3.05) is 18.8 Å². The molecule has 0 spiro atoms. The number of aromatic amines is 1. The summed E-state index contributed by atoms with van der Waals surface area (Å²) in [6.45, 7) is 3.85. The van der Waals surface area contributed by atoms with Crippen molar-refractivity contribution in [2.45, 2.75) is 44.3 Å². The molecular formula is C22H24N4O3S2. The van der Waals surface area contributed by atoms with Crippen LogP contribution in [0, 0.1) is 5.92 Å². The van der Waals surface area contributed by atoms with Gasteiger partial charge >= 0.3 is 0 Å². The highest BCUT2D eigenvalue weighted by Gasteiger charge is 2.23. The number of ketones is 1. The summed E-state index contributed by atoms with van der Waals surface area (Å²) in [4.78, 5) is 32.2. The first kappa shape index (κ1) is 20.5. The van der Waals surface area contributed by atoms with Crippen LogP contribution in [-0.2, 0) is 12.8 Å². The van der Waals surface area contributed by atoms with E-state index >= 15 is 0 Å². The fraction of sp³-hybridized carbons (Fsp3) is 0.455. The van der Waals surface area contributed by atoms with Crippen LogP contribution >= 0.6 is 23.1 Å². The molecule has 1 aliphatic heterocycles. The zero-order chi connectivity index (χ0) is 21.4. The molecule has 0 saturated carbocycles. The van der Waals surface area contributed by atoms with E-state index in [9.17, 15) is 9.59 Å². The van der Waals surface area contributed by atoms with Gasteiger partial charge in [-0.05, 0) is 55.7 Å². The minimum atomic E-state index is -0.0814. The van der Waals surface area contributed by atoms with Gasteiger partial charge in [0.2, 0.25) is 0 Å². The SMILES string of the molecule is C[C@@H]1CCc2sc(-c3nnc(SCC(=O)c4c[nH]c(C(=O)N5CCCC5)c4)o3)cc2C1. The Kier molecular flexibility index (Phi) is 5.71. The number of nitrogens with zero attached hydrogens (tertiary/aromatic N) is 3. The first-order valence-corrected chi connectivity index (χ1v) is 12.5. The number of aryl methyl sites for hydroxylation is 1. The van der Waals surface area contributed by atoms with E-state index in [1.54, 1.807) is 23.6 Å². The lowest BCUT2D eigenvalue weighted by atomic mass is 9.90. The van der Waals surface area contributed by atoms with Gasteiger partial charge in [-0.15, -0.1) is 21.5 Å². The van der Waals surface area contributed by atoms with Gasteiger partial charge in [-0.3, -0.25) is 9.59 Å². The van der Waals surface area contributed by atoms with E-state index in [-0.39, 0.29) is 17.4 Å². The minimum Gasteiger partial charge on any atom is -0.410 e. The highest BCUT2D eigenvalue weighted by Crippen LogP contribution is 2.37. The quantitative estimate of drug-likeness (QED) is 0.435. The van der Waals surface area contributed by atoms with Gasteiger partial charge < -0.3 is 14.3 Å². The number of carbonyl (C=O) groups is 2. The predicted octanol–water partition coefficient (Wildman–Crippen LogP) is 4.46. The fourth-order valence-corrected chi connectivity index (χ4v) is 5.95. The zero-order valence-electron chi connectivity index (χ0n) is 17.3. The Hall–Kier alpha value is -2.39. The molecule has 3 aromatic heterocycles. The predicted molar refractivity (Wildman–Crippen MR) is 120 cm³/mol. The van der Waals surface area contributed by atoms with Crippen molar-refractivity contribution in [3.8, 4) is 10.8 Å². The van der Waals surface area contributed by atoms with Crippen molar-refractivity contribution in [3.63, 3.8) is 0 Å². The molecule has 5 rings (SSSR count). The van der Waals surface area contributed by atoms with Crippen LogP contribution in [0.5, 0.6) is 0 Å². The van der Waals surface area contributed by atoms with Crippen molar-refractivity contribution >= 4 is 34.8 Å². The third-order valence-corrected chi connectivity index (χ3v) is 7.95. The standard InChI is InChI=1S/C22H24N4O3S2/c1-13-4-5-18-14(8-13)10-19(31-18)20-24-25-22(29-20)30-12-17(27)15-9-16(23-11-15)21(28)26-6-2-3-7-26/h9-11,13,23H,2-8,12H2,1H3/t13-/m1/s1. The van der Waals surface area contributed by atoms with E-state index in [0.29, 0.717) is 28.3 Å². The topological polar surface area (TPSA) is 92.1 Å². The van der Waals surface area contributed by atoms with Gasteiger partial charge in [0, 0.05) is 29.7 Å². The molecule has 0 unspecified atom stereocenters. The number of thiophene rings is 1. The Morgan fingerprint density at radius 1 is 1.29 bits per heavy atom. The lowest BCUT2D eigenvalue weighted by Gasteiger charge is -2.16. The van der Waals surface area contributed by atoms with Crippen molar-refractivity contribution in [2.24, 2.45) is 5.92 Å². The van der Waals surface area contributed by atoms with E-state index in [0.717, 1.165) is 43.6 Å². The molecule has 0 radical (unpaired) electrons. The molecule has 3 aromatic rings.